The molecule has 0 amide bonds. The highest BCUT2D eigenvalue weighted by Gasteiger charge is 2.45. The zero-order valence-corrected chi connectivity index (χ0v) is 15.2. The van der Waals surface area contributed by atoms with E-state index in [-0.39, 0.29) is 11.9 Å². The molecule has 1 fully saturated rings. The SMILES string of the molecule is CCCC(CCCC1CCCC1)C(CC)(OCC)C(=O)OC. The van der Waals surface area contributed by atoms with Crippen molar-refractivity contribution >= 4 is 5.97 Å². The number of hydrogen-bond acceptors (Lipinski definition) is 3. The molecule has 0 aliphatic heterocycles. The number of rotatable bonds is 11. The van der Waals surface area contributed by atoms with Gasteiger partial charge in [0, 0.05) is 6.61 Å². The molecule has 1 rings (SSSR count). The summed E-state index contributed by atoms with van der Waals surface area (Å²) in [7, 11) is 1.48. The molecule has 1 saturated carbocycles. The lowest BCUT2D eigenvalue weighted by Gasteiger charge is -2.37. The number of hydrogen-bond donors (Lipinski definition) is 0. The summed E-state index contributed by atoms with van der Waals surface area (Å²) in [5.74, 6) is 1.01. The van der Waals surface area contributed by atoms with Crippen LogP contribution in [0.5, 0.6) is 0 Å². The van der Waals surface area contributed by atoms with Gasteiger partial charge < -0.3 is 9.47 Å². The van der Waals surface area contributed by atoms with E-state index >= 15 is 0 Å². The minimum Gasteiger partial charge on any atom is -0.467 e. The zero-order chi connectivity index (χ0) is 16.4. The summed E-state index contributed by atoms with van der Waals surface area (Å²) in [6, 6.07) is 0. The van der Waals surface area contributed by atoms with E-state index in [0.717, 1.165) is 25.2 Å². The van der Waals surface area contributed by atoms with Crippen molar-refractivity contribution in [1.29, 1.82) is 0 Å². The third-order valence-corrected chi connectivity index (χ3v) is 5.39. The van der Waals surface area contributed by atoms with E-state index in [1.54, 1.807) is 0 Å². The second-order valence-corrected chi connectivity index (χ2v) is 6.73. The summed E-state index contributed by atoms with van der Waals surface area (Å²) in [4.78, 5) is 12.4. The molecule has 1 aliphatic carbocycles. The summed E-state index contributed by atoms with van der Waals surface area (Å²) < 4.78 is 11.1. The molecule has 0 heterocycles. The Morgan fingerprint density at radius 2 is 1.86 bits per heavy atom. The van der Waals surface area contributed by atoms with Crippen molar-refractivity contribution in [1.82, 2.24) is 0 Å². The highest BCUT2D eigenvalue weighted by Crippen LogP contribution is 2.37. The highest BCUT2D eigenvalue weighted by molar-refractivity contribution is 5.80. The van der Waals surface area contributed by atoms with Crippen molar-refractivity contribution in [2.24, 2.45) is 11.8 Å². The molecule has 0 saturated heterocycles. The summed E-state index contributed by atoms with van der Waals surface area (Å²) in [5.41, 5.74) is -0.741. The summed E-state index contributed by atoms with van der Waals surface area (Å²) in [6.45, 7) is 6.76. The predicted molar refractivity (Wildman–Crippen MR) is 90.9 cm³/mol. The van der Waals surface area contributed by atoms with Crippen molar-refractivity contribution in [3.8, 4) is 0 Å². The molecule has 130 valence electrons. The molecular formula is C19H36O3. The maximum absolute atomic E-state index is 12.4. The molecule has 2 unspecified atom stereocenters. The van der Waals surface area contributed by atoms with Gasteiger partial charge in [-0.15, -0.1) is 0 Å². The summed E-state index contributed by atoms with van der Waals surface area (Å²) in [6.07, 6.45) is 12.0. The van der Waals surface area contributed by atoms with Gasteiger partial charge in [-0.1, -0.05) is 58.8 Å². The van der Waals surface area contributed by atoms with Crippen LogP contribution in [0.15, 0.2) is 0 Å². The van der Waals surface area contributed by atoms with Gasteiger partial charge in [-0.05, 0) is 38.0 Å². The molecule has 0 aromatic rings. The predicted octanol–water partition coefficient (Wildman–Crippen LogP) is 5.12. The standard InChI is InChI=1S/C19H36O3/c1-5-11-17(15-10-14-16-12-8-9-13-16)19(6-2,22-7-3)18(20)21-4/h16-17H,5-15H2,1-4H3. The monoisotopic (exact) mass is 312 g/mol. The zero-order valence-electron chi connectivity index (χ0n) is 15.2. The molecule has 3 nitrogen and oxygen atoms in total. The fourth-order valence-electron chi connectivity index (χ4n) is 4.22. The first-order valence-corrected chi connectivity index (χ1v) is 9.36. The minimum absolute atomic E-state index is 0.184. The van der Waals surface area contributed by atoms with Crippen molar-refractivity contribution in [3.05, 3.63) is 0 Å². The van der Waals surface area contributed by atoms with E-state index in [4.69, 9.17) is 9.47 Å². The second-order valence-electron chi connectivity index (χ2n) is 6.73. The smallest absolute Gasteiger partial charge is 0.338 e. The fraction of sp³-hybridized carbons (Fsp3) is 0.947. The first kappa shape index (κ1) is 19.5. The Morgan fingerprint density at radius 3 is 2.36 bits per heavy atom. The molecule has 0 aromatic heterocycles. The van der Waals surface area contributed by atoms with Gasteiger partial charge in [0.05, 0.1) is 7.11 Å². The Kier molecular flexibility index (Phi) is 9.08. The van der Waals surface area contributed by atoms with E-state index in [1.807, 2.05) is 13.8 Å². The Hall–Kier alpha value is -0.570. The molecule has 2 atom stereocenters. The molecular weight excluding hydrogens is 276 g/mol. The summed E-state index contributed by atoms with van der Waals surface area (Å²) >= 11 is 0. The van der Waals surface area contributed by atoms with Gasteiger partial charge in [0.2, 0.25) is 0 Å². The number of carbonyl (C=O) groups is 1. The lowest BCUT2D eigenvalue weighted by atomic mass is 9.78. The molecule has 22 heavy (non-hydrogen) atoms. The average molecular weight is 312 g/mol. The van der Waals surface area contributed by atoms with Crippen LogP contribution >= 0.6 is 0 Å². The van der Waals surface area contributed by atoms with E-state index in [1.165, 1.54) is 45.6 Å². The number of methoxy groups -OCH3 is 1. The van der Waals surface area contributed by atoms with Crippen molar-refractivity contribution in [3.63, 3.8) is 0 Å². The molecule has 0 N–H and O–H groups in total. The van der Waals surface area contributed by atoms with Gasteiger partial charge in [0.1, 0.15) is 0 Å². The molecule has 1 aliphatic rings. The van der Waals surface area contributed by atoms with Crippen LogP contribution in [0.25, 0.3) is 0 Å². The van der Waals surface area contributed by atoms with Crippen LogP contribution in [-0.4, -0.2) is 25.3 Å². The van der Waals surface area contributed by atoms with E-state index < -0.39 is 5.60 Å². The first-order valence-electron chi connectivity index (χ1n) is 9.36. The van der Waals surface area contributed by atoms with Gasteiger partial charge in [-0.3, -0.25) is 0 Å². The van der Waals surface area contributed by atoms with Crippen LogP contribution in [0.2, 0.25) is 0 Å². The van der Waals surface area contributed by atoms with E-state index in [0.29, 0.717) is 13.0 Å². The molecule has 0 aromatic carbocycles. The van der Waals surface area contributed by atoms with Crippen LogP contribution in [0.1, 0.15) is 85.0 Å². The van der Waals surface area contributed by atoms with Crippen molar-refractivity contribution in [2.45, 2.75) is 90.6 Å². The maximum atomic E-state index is 12.4. The third kappa shape index (κ3) is 4.97. The van der Waals surface area contributed by atoms with Crippen LogP contribution < -0.4 is 0 Å². The minimum atomic E-state index is -0.741. The Labute approximate surface area is 137 Å². The van der Waals surface area contributed by atoms with Crippen LogP contribution in [0, 0.1) is 11.8 Å². The maximum Gasteiger partial charge on any atom is 0.338 e. The van der Waals surface area contributed by atoms with Crippen molar-refractivity contribution < 1.29 is 14.3 Å². The van der Waals surface area contributed by atoms with Crippen LogP contribution in [0.4, 0.5) is 0 Å². The first-order chi connectivity index (χ1) is 10.6. The van der Waals surface area contributed by atoms with Gasteiger partial charge in [0.15, 0.2) is 5.60 Å². The van der Waals surface area contributed by atoms with Crippen molar-refractivity contribution in [2.75, 3.05) is 13.7 Å². The van der Waals surface area contributed by atoms with Gasteiger partial charge in [0.25, 0.3) is 0 Å². The van der Waals surface area contributed by atoms with Gasteiger partial charge >= 0.3 is 5.97 Å². The highest BCUT2D eigenvalue weighted by atomic mass is 16.6. The van der Waals surface area contributed by atoms with Crippen LogP contribution in [-0.2, 0) is 14.3 Å². The lowest BCUT2D eigenvalue weighted by Crippen LogP contribution is -2.49. The normalized spacial score (nSPS) is 19.8. The Balaban J connectivity index is 2.70. The molecule has 0 bridgehead atoms. The number of esters is 1. The molecule has 0 radical (unpaired) electrons. The topological polar surface area (TPSA) is 35.5 Å². The van der Waals surface area contributed by atoms with E-state index in [2.05, 4.69) is 6.92 Å². The largest absolute Gasteiger partial charge is 0.467 e. The second kappa shape index (κ2) is 10.3. The van der Waals surface area contributed by atoms with Gasteiger partial charge in [-0.2, -0.15) is 0 Å². The summed E-state index contributed by atoms with van der Waals surface area (Å²) in [5, 5.41) is 0. The molecule has 0 spiro atoms. The Bertz CT molecular complexity index is 310. The van der Waals surface area contributed by atoms with Crippen LogP contribution in [0.3, 0.4) is 0 Å². The number of ether oxygens (including phenoxy) is 2. The van der Waals surface area contributed by atoms with Gasteiger partial charge in [-0.25, -0.2) is 4.79 Å². The Morgan fingerprint density at radius 1 is 1.18 bits per heavy atom. The molecule has 3 heteroatoms. The number of carbonyl (C=O) groups excluding carboxylic acids is 1. The quantitative estimate of drug-likeness (QED) is 0.497. The fourth-order valence-corrected chi connectivity index (χ4v) is 4.22. The third-order valence-electron chi connectivity index (χ3n) is 5.39. The average Bonchev–Trinajstić information content (AvgIpc) is 3.04. The van der Waals surface area contributed by atoms with E-state index in [9.17, 15) is 4.79 Å². The lowest BCUT2D eigenvalue weighted by molar-refractivity contribution is -0.180.